The van der Waals surface area contributed by atoms with E-state index in [-0.39, 0.29) is 42.6 Å². The Balaban J connectivity index is 1.43. The molecule has 3 fully saturated rings. The van der Waals surface area contributed by atoms with E-state index in [0.717, 1.165) is 44.2 Å². The van der Waals surface area contributed by atoms with Crippen LogP contribution in [0, 0.1) is 17.3 Å². The van der Waals surface area contributed by atoms with Gasteiger partial charge >= 0.3 is 6.18 Å². The Kier molecular flexibility index (Phi) is 13.5. The quantitative estimate of drug-likeness (QED) is 0.203. The van der Waals surface area contributed by atoms with Crippen molar-refractivity contribution in [2.24, 2.45) is 17.3 Å². The summed E-state index contributed by atoms with van der Waals surface area (Å²) >= 11 is 0. The highest BCUT2D eigenvalue weighted by Crippen LogP contribution is 2.41. The maximum atomic E-state index is 14.8. The van der Waals surface area contributed by atoms with Gasteiger partial charge in [0.2, 0.25) is 23.5 Å². The van der Waals surface area contributed by atoms with Gasteiger partial charge in [0.1, 0.15) is 17.8 Å². The summed E-state index contributed by atoms with van der Waals surface area (Å²) in [5.41, 5.74) is -1.54. The minimum absolute atomic E-state index is 0.00901. The van der Waals surface area contributed by atoms with Crippen LogP contribution < -0.4 is 21.3 Å². The smallest absolute Gasteiger partial charge is 0.347 e. The Hall–Kier alpha value is -4.89. The number of hydrogen-bond donors (Lipinski definition) is 4. The van der Waals surface area contributed by atoms with E-state index in [1.807, 2.05) is 0 Å². The van der Waals surface area contributed by atoms with Crippen LogP contribution in [0.1, 0.15) is 120 Å². The van der Waals surface area contributed by atoms with Gasteiger partial charge in [-0.05, 0) is 67.6 Å². The Labute approximate surface area is 324 Å². The van der Waals surface area contributed by atoms with Gasteiger partial charge in [-0.15, -0.1) is 0 Å². The highest BCUT2D eigenvalue weighted by molar-refractivity contribution is 6.38. The molecule has 1 aromatic carbocycles. The number of Topliss-reactive ketones (excluding diaryl/α,β-unsaturated/α-hetero) is 1. The van der Waals surface area contributed by atoms with Gasteiger partial charge in [-0.25, -0.2) is 4.98 Å². The van der Waals surface area contributed by atoms with Crippen LogP contribution in [0.2, 0.25) is 0 Å². The van der Waals surface area contributed by atoms with Crippen LogP contribution in [0.4, 0.5) is 13.2 Å². The van der Waals surface area contributed by atoms with Crippen LogP contribution in [0.5, 0.6) is 0 Å². The van der Waals surface area contributed by atoms with Crippen LogP contribution in [0.15, 0.2) is 42.9 Å². The first-order valence-electron chi connectivity index (χ1n) is 19.5. The fourth-order valence-electron chi connectivity index (χ4n) is 7.62. The standard InChI is InChI=1S/C40H52F3N7O6/c1-5-9-28(32(51)37(55)46-26-16-17-26)47-34(52)27-18-21-50(31(27)24-12-14-25(15-13-24)40(41,42)43)38(56)33(39(2,3)4)49-36(54)30(23-10-7-6-8-11-23)48-35(53)29-22-44-19-20-45-29/h12-15,19-20,22-23,26-28,30-31,33H,5-11,16-18,21H2,1-4H3,(H,46,55)(H,47,52)(H,48,53)(H,49,54)/t27?,28-,30-,31?,33+/m0/s1. The van der Waals surface area contributed by atoms with Crippen molar-refractivity contribution in [1.29, 1.82) is 0 Å². The molecule has 5 rings (SSSR count). The highest BCUT2D eigenvalue weighted by Gasteiger charge is 2.48. The summed E-state index contributed by atoms with van der Waals surface area (Å²) in [6, 6.07) is -0.264. The summed E-state index contributed by atoms with van der Waals surface area (Å²) in [5.74, 6) is -5.18. The average molecular weight is 784 g/mol. The summed E-state index contributed by atoms with van der Waals surface area (Å²) in [5, 5.41) is 11.1. The van der Waals surface area contributed by atoms with E-state index in [0.29, 0.717) is 19.3 Å². The van der Waals surface area contributed by atoms with E-state index in [2.05, 4.69) is 31.2 Å². The Morgan fingerprint density at radius 2 is 1.55 bits per heavy atom. The lowest BCUT2D eigenvalue weighted by atomic mass is 9.82. The first-order valence-corrected chi connectivity index (χ1v) is 19.5. The number of carbonyl (C=O) groups excluding carboxylic acids is 6. The largest absolute Gasteiger partial charge is 0.416 e. The lowest BCUT2D eigenvalue weighted by Crippen LogP contribution is -2.60. The van der Waals surface area contributed by atoms with Crippen molar-refractivity contribution in [3.05, 3.63) is 59.7 Å². The van der Waals surface area contributed by atoms with Gasteiger partial charge < -0.3 is 26.2 Å². The monoisotopic (exact) mass is 783 g/mol. The molecule has 2 unspecified atom stereocenters. The normalized spacial score (nSPS) is 20.7. The summed E-state index contributed by atoms with van der Waals surface area (Å²) in [6.45, 7) is 7.07. The van der Waals surface area contributed by atoms with E-state index in [1.54, 1.807) is 27.7 Å². The molecular formula is C40H52F3N7O6. The van der Waals surface area contributed by atoms with Crippen LogP contribution in [0.3, 0.4) is 0 Å². The number of alkyl halides is 3. The maximum absolute atomic E-state index is 14.8. The summed E-state index contributed by atoms with van der Waals surface area (Å²) in [4.78, 5) is 91.5. The van der Waals surface area contributed by atoms with Crippen molar-refractivity contribution in [1.82, 2.24) is 36.1 Å². The number of benzene rings is 1. The number of ketones is 1. The van der Waals surface area contributed by atoms with Gasteiger partial charge in [0, 0.05) is 25.0 Å². The number of likely N-dealkylation sites (tertiary alicyclic amines) is 1. The number of nitrogens with one attached hydrogen (secondary N) is 4. The van der Waals surface area contributed by atoms with Crippen LogP contribution >= 0.6 is 0 Å². The third-order valence-electron chi connectivity index (χ3n) is 10.8. The lowest BCUT2D eigenvalue weighted by Gasteiger charge is -2.38. The SMILES string of the molecule is CCC[C@H](NC(=O)C1CCN(C(=O)[C@@H](NC(=O)[C@@H](NC(=O)c2cnccn2)C2CCCCC2)C(C)(C)C)C1c1ccc(C(F)(F)F)cc1)C(=O)C(=O)NC1CC1. The molecule has 1 aromatic heterocycles. The van der Waals surface area contributed by atoms with Crippen molar-refractivity contribution in [2.75, 3.05) is 6.54 Å². The first kappa shape index (κ1) is 42.3. The molecule has 13 nitrogen and oxygen atoms in total. The van der Waals surface area contributed by atoms with Crippen molar-refractivity contribution in [3.63, 3.8) is 0 Å². The summed E-state index contributed by atoms with van der Waals surface area (Å²) in [6.07, 6.45) is 5.77. The summed E-state index contributed by atoms with van der Waals surface area (Å²) < 4.78 is 40.8. The number of halogens is 3. The Bertz CT molecular complexity index is 1740. The van der Waals surface area contributed by atoms with Gasteiger partial charge in [-0.2, -0.15) is 13.2 Å². The molecule has 1 saturated heterocycles. The number of nitrogens with zero attached hydrogens (tertiary/aromatic N) is 3. The van der Waals surface area contributed by atoms with Crippen molar-refractivity contribution in [2.45, 2.75) is 128 Å². The second-order valence-electron chi connectivity index (χ2n) is 16.2. The molecule has 5 amide bonds. The van der Waals surface area contributed by atoms with E-state index in [1.165, 1.54) is 35.6 Å². The molecule has 0 bridgehead atoms. The first-order chi connectivity index (χ1) is 26.5. The molecule has 0 spiro atoms. The predicted octanol–water partition coefficient (Wildman–Crippen LogP) is 4.43. The second kappa shape index (κ2) is 17.9. The third kappa shape index (κ3) is 10.5. The molecule has 2 heterocycles. The van der Waals surface area contributed by atoms with Gasteiger partial charge in [-0.3, -0.25) is 33.8 Å². The fraction of sp³-hybridized carbons (Fsp3) is 0.600. The van der Waals surface area contributed by atoms with Crippen LogP contribution in [-0.4, -0.2) is 80.9 Å². The number of carbonyl (C=O) groups is 6. The third-order valence-corrected chi connectivity index (χ3v) is 10.8. The van der Waals surface area contributed by atoms with E-state index < -0.39 is 82.6 Å². The second-order valence-corrected chi connectivity index (χ2v) is 16.2. The number of amides is 5. The molecule has 2 aromatic rings. The van der Waals surface area contributed by atoms with Gasteiger partial charge in [0.05, 0.1) is 29.8 Å². The zero-order valence-electron chi connectivity index (χ0n) is 32.3. The molecule has 56 heavy (non-hydrogen) atoms. The topological polar surface area (TPSA) is 180 Å². The average Bonchev–Trinajstić information content (AvgIpc) is 3.87. The molecule has 16 heteroatoms. The van der Waals surface area contributed by atoms with Crippen molar-refractivity contribution in [3.8, 4) is 0 Å². The van der Waals surface area contributed by atoms with E-state index in [4.69, 9.17) is 0 Å². The molecule has 2 saturated carbocycles. The van der Waals surface area contributed by atoms with Gasteiger partial charge in [0.15, 0.2) is 0 Å². The Morgan fingerprint density at radius 1 is 0.875 bits per heavy atom. The molecule has 0 radical (unpaired) electrons. The summed E-state index contributed by atoms with van der Waals surface area (Å²) in [7, 11) is 0. The van der Waals surface area contributed by atoms with Crippen LogP contribution in [0.25, 0.3) is 0 Å². The van der Waals surface area contributed by atoms with E-state index >= 15 is 0 Å². The highest BCUT2D eigenvalue weighted by atomic mass is 19.4. The van der Waals surface area contributed by atoms with Crippen molar-refractivity contribution >= 4 is 35.3 Å². The molecule has 3 aliphatic rings. The Morgan fingerprint density at radius 3 is 2.12 bits per heavy atom. The van der Waals surface area contributed by atoms with Crippen LogP contribution in [-0.2, 0) is 30.1 Å². The zero-order chi connectivity index (χ0) is 40.8. The zero-order valence-corrected chi connectivity index (χ0v) is 32.3. The van der Waals surface area contributed by atoms with E-state index in [9.17, 15) is 41.9 Å². The molecular weight excluding hydrogens is 731 g/mol. The minimum atomic E-state index is -4.63. The maximum Gasteiger partial charge on any atom is 0.416 e. The van der Waals surface area contributed by atoms with Crippen molar-refractivity contribution < 1.29 is 41.9 Å². The molecule has 1 aliphatic heterocycles. The molecule has 4 N–H and O–H groups in total. The predicted molar refractivity (Wildman–Crippen MR) is 198 cm³/mol. The molecule has 2 aliphatic carbocycles. The molecule has 304 valence electrons. The van der Waals surface area contributed by atoms with Gasteiger partial charge in [0.25, 0.3) is 11.8 Å². The fourth-order valence-corrected chi connectivity index (χ4v) is 7.62. The number of hydrogen-bond acceptors (Lipinski definition) is 8. The lowest BCUT2D eigenvalue weighted by molar-refractivity contribution is -0.142. The molecule has 5 atom stereocenters. The number of rotatable bonds is 14. The minimum Gasteiger partial charge on any atom is -0.347 e. The number of aromatic nitrogens is 2. The van der Waals surface area contributed by atoms with Gasteiger partial charge in [-0.1, -0.05) is 65.5 Å².